The van der Waals surface area contributed by atoms with Crippen molar-refractivity contribution in [1.29, 1.82) is 0 Å². The van der Waals surface area contributed by atoms with Crippen LogP contribution >= 0.6 is 0 Å². The summed E-state index contributed by atoms with van der Waals surface area (Å²) in [6.45, 7) is 1.79. The Morgan fingerprint density at radius 1 is 1.60 bits per heavy atom. The monoisotopic (exact) mass is 207 g/mol. The van der Waals surface area contributed by atoms with E-state index in [2.05, 4.69) is 4.98 Å². The predicted octanol–water partition coefficient (Wildman–Crippen LogP) is 1.01. The summed E-state index contributed by atoms with van der Waals surface area (Å²) in [6, 6.07) is 3.61. The molecule has 0 unspecified atom stereocenters. The molecule has 0 radical (unpaired) electrons. The van der Waals surface area contributed by atoms with Gasteiger partial charge in [0.05, 0.1) is 6.61 Å². The van der Waals surface area contributed by atoms with Crippen molar-refractivity contribution in [3.63, 3.8) is 0 Å². The Balaban J connectivity index is 2.04. The van der Waals surface area contributed by atoms with Gasteiger partial charge in [0.15, 0.2) is 0 Å². The van der Waals surface area contributed by atoms with Gasteiger partial charge in [-0.3, -0.25) is 0 Å². The minimum absolute atomic E-state index is 0.253. The van der Waals surface area contributed by atoms with E-state index >= 15 is 0 Å². The highest BCUT2D eigenvalue weighted by atomic mass is 16.6. The quantitative estimate of drug-likeness (QED) is 0.785. The van der Waals surface area contributed by atoms with Crippen molar-refractivity contribution in [3.8, 4) is 0 Å². The summed E-state index contributed by atoms with van der Waals surface area (Å²) in [5, 5.41) is 0. The van der Waals surface area contributed by atoms with Crippen LogP contribution in [-0.4, -0.2) is 29.1 Å². The zero-order valence-corrected chi connectivity index (χ0v) is 8.35. The van der Waals surface area contributed by atoms with Gasteiger partial charge in [0.2, 0.25) is 0 Å². The molecule has 0 saturated carbocycles. The number of hydrogen-bond donors (Lipinski definition) is 1. The summed E-state index contributed by atoms with van der Waals surface area (Å²) in [5.74, 6) is 0.470. The third kappa shape index (κ3) is 2.37. The van der Waals surface area contributed by atoms with E-state index in [-0.39, 0.29) is 6.09 Å². The number of rotatable bonds is 2. The molecule has 15 heavy (non-hydrogen) atoms. The molecule has 0 atom stereocenters. The van der Waals surface area contributed by atoms with Gasteiger partial charge >= 0.3 is 6.09 Å². The number of amides is 1. The topological polar surface area (TPSA) is 68.4 Å². The maximum Gasteiger partial charge on any atom is 0.410 e. The zero-order valence-electron chi connectivity index (χ0n) is 8.35. The van der Waals surface area contributed by atoms with Gasteiger partial charge in [0.25, 0.3) is 0 Å². The Morgan fingerprint density at radius 2 is 2.47 bits per heavy atom. The molecule has 2 N–H and O–H groups in total. The molecule has 5 nitrogen and oxygen atoms in total. The van der Waals surface area contributed by atoms with E-state index in [4.69, 9.17) is 10.5 Å². The predicted molar refractivity (Wildman–Crippen MR) is 55.0 cm³/mol. The first kappa shape index (κ1) is 9.76. The fourth-order valence-electron chi connectivity index (χ4n) is 1.55. The van der Waals surface area contributed by atoms with Crippen LogP contribution in [0.3, 0.4) is 0 Å². The van der Waals surface area contributed by atoms with E-state index in [0.717, 1.165) is 18.5 Å². The molecule has 0 spiro atoms. The second kappa shape index (κ2) is 4.16. The van der Waals surface area contributed by atoms with Crippen LogP contribution < -0.4 is 5.73 Å². The molecule has 1 aromatic rings. The number of carbonyl (C=O) groups is 1. The van der Waals surface area contributed by atoms with Crippen LogP contribution in [0.1, 0.15) is 12.0 Å². The number of ether oxygens (including phenoxy) is 1. The Morgan fingerprint density at radius 3 is 3.20 bits per heavy atom. The van der Waals surface area contributed by atoms with Crippen molar-refractivity contribution in [2.75, 3.05) is 18.9 Å². The highest BCUT2D eigenvalue weighted by Crippen LogP contribution is 2.11. The van der Waals surface area contributed by atoms with Crippen molar-refractivity contribution < 1.29 is 9.53 Å². The van der Waals surface area contributed by atoms with Gasteiger partial charge in [-0.05, 0) is 24.1 Å². The number of nitrogen functional groups attached to an aromatic ring is 1. The van der Waals surface area contributed by atoms with E-state index in [1.165, 1.54) is 0 Å². The van der Waals surface area contributed by atoms with Gasteiger partial charge in [-0.15, -0.1) is 0 Å². The van der Waals surface area contributed by atoms with Crippen molar-refractivity contribution in [1.82, 2.24) is 9.88 Å². The fourth-order valence-corrected chi connectivity index (χ4v) is 1.55. The standard InChI is InChI=1S/C10H13N3O2/c11-9-6-8(2-3-12-9)7-13-4-1-5-15-10(13)14/h2-3,6H,1,4-5,7H2,(H2,11,12). The minimum atomic E-state index is -0.253. The molecule has 1 aliphatic heterocycles. The summed E-state index contributed by atoms with van der Waals surface area (Å²) >= 11 is 0. The Kier molecular flexibility index (Phi) is 2.71. The largest absolute Gasteiger partial charge is 0.449 e. The van der Waals surface area contributed by atoms with Crippen LogP contribution in [0.25, 0.3) is 0 Å². The van der Waals surface area contributed by atoms with Gasteiger partial charge < -0.3 is 15.4 Å². The maximum absolute atomic E-state index is 11.3. The minimum Gasteiger partial charge on any atom is -0.449 e. The molecule has 1 amide bonds. The molecular formula is C10H13N3O2. The Hall–Kier alpha value is -1.78. The normalized spacial score (nSPS) is 16.3. The molecule has 1 aliphatic rings. The summed E-state index contributed by atoms with van der Waals surface area (Å²) < 4.78 is 4.93. The van der Waals surface area contributed by atoms with Crippen molar-refractivity contribution in [2.45, 2.75) is 13.0 Å². The molecule has 1 aromatic heterocycles. The number of nitrogens with two attached hydrogens (primary N) is 1. The SMILES string of the molecule is Nc1cc(CN2CCCOC2=O)ccn1. The summed E-state index contributed by atoms with van der Waals surface area (Å²) in [4.78, 5) is 16.9. The zero-order chi connectivity index (χ0) is 10.7. The number of hydrogen-bond acceptors (Lipinski definition) is 4. The molecular weight excluding hydrogens is 194 g/mol. The first-order valence-corrected chi connectivity index (χ1v) is 4.88. The Bertz CT molecular complexity index is 367. The number of aromatic nitrogens is 1. The van der Waals surface area contributed by atoms with E-state index in [1.807, 2.05) is 6.07 Å². The van der Waals surface area contributed by atoms with Gasteiger partial charge in [-0.1, -0.05) is 0 Å². The van der Waals surface area contributed by atoms with Gasteiger partial charge in [-0.25, -0.2) is 9.78 Å². The van der Waals surface area contributed by atoms with Crippen LogP contribution in [-0.2, 0) is 11.3 Å². The van der Waals surface area contributed by atoms with E-state index < -0.39 is 0 Å². The molecule has 80 valence electrons. The third-order valence-corrected chi connectivity index (χ3v) is 2.28. The number of nitrogens with zero attached hydrogens (tertiary/aromatic N) is 2. The van der Waals surface area contributed by atoms with Gasteiger partial charge in [0, 0.05) is 19.3 Å². The smallest absolute Gasteiger partial charge is 0.410 e. The highest BCUT2D eigenvalue weighted by molar-refractivity contribution is 5.68. The number of cyclic esters (lactones) is 1. The lowest BCUT2D eigenvalue weighted by atomic mass is 10.2. The third-order valence-electron chi connectivity index (χ3n) is 2.28. The van der Waals surface area contributed by atoms with Crippen molar-refractivity contribution >= 4 is 11.9 Å². The van der Waals surface area contributed by atoms with Crippen LogP contribution in [0.4, 0.5) is 10.6 Å². The van der Waals surface area contributed by atoms with Crippen LogP contribution in [0.5, 0.6) is 0 Å². The van der Waals surface area contributed by atoms with Crippen molar-refractivity contribution in [3.05, 3.63) is 23.9 Å². The number of pyridine rings is 1. The first-order chi connectivity index (χ1) is 7.25. The second-order valence-electron chi connectivity index (χ2n) is 3.48. The summed E-state index contributed by atoms with van der Waals surface area (Å²) in [7, 11) is 0. The van der Waals surface area contributed by atoms with E-state index in [9.17, 15) is 4.79 Å². The van der Waals surface area contributed by atoms with E-state index in [0.29, 0.717) is 19.0 Å². The lowest BCUT2D eigenvalue weighted by Crippen LogP contribution is -2.37. The average Bonchev–Trinajstić information content (AvgIpc) is 2.22. The lowest BCUT2D eigenvalue weighted by molar-refractivity contribution is 0.0700. The van der Waals surface area contributed by atoms with Crippen molar-refractivity contribution in [2.24, 2.45) is 0 Å². The van der Waals surface area contributed by atoms with Gasteiger partial charge in [0.1, 0.15) is 5.82 Å². The molecule has 1 fully saturated rings. The first-order valence-electron chi connectivity index (χ1n) is 4.88. The summed E-state index contributed by atoms with van der Waals surface area (Å²) in [6.07, 6.45) is 2.27. The van der Waals surface area contributed by atoms with Gasteiger partial charge in [-0.2, -0.15) is 0 Å². The lowest BCUT2D eigenvalue weighted by Gasteiger charge is -2.26. The maximum atomic E-state index is 11.3. The molecule has 0 bridgehead atoms. The fraction of sp³-hybridized carbons (Fsp3) is 0.400. The highest BCUT2D eigenvalue weighted by Gasteiger charge is 2.19. The summed E-state index contributed by atoms with van der Waals surface area (Å²) in [5.41, 5.74) is 6.53. The van der Waals surface area contributed by atoms with Crippen LogP contribution in [0.2, 0.25) is 0 Å². The van der Waals surface area contributed by atoms with Crippen LogP contribution in [0, 0.1) is 0 Å². The molecule has 5 heteroatoms. The molecule has 0 aromatic carbocycles. The molecule has 0 aliphatic carbocycles. The molecule has 2 heterocycles. The molecule has 2 rings (SSSR count). The Labute approximate surface area is 87.8 Å². The second-order valence-corrected chi connectivity index (χ2v) is 3.48. The average molecular weight is 207 g/mol. The molecule has 1 saturated heterocycles. The number of carbonyl (C=O) groups excluding carboxylic acids is 1. The van der Waals surface area contributed by atoms with E-state index in [1.54, 1.807) is 17.2 Å². The number of anilines is 1. The van der Waals surface area contributed by atoms with Crippen LogP contribution in [0.15, 0.2) is 18.3 Å².